The van der Waals surface area contributed by atoms with Crippen molar-refractivity contribution in [3.05, 3.63) is 0 Å². The normalized spacial score (nSPS) is 17.4. The highest BCUT2D eigenvalue weighted by atomic mass is 16.5. The maximum atomic E-state index is 12.0. The van der Waals surface area contributed by atoms with E-state index in [9.17, 15) is 4.79 Å². The molecule has 17 heavy (non-hydrogen) atoms. The third-order valence-electron chi connectivity index (χ3n) is 3.29. The quantitative estimate of drug-likeness (QED) is 0.762. The van der Waals surface area contributed by atoms with Gasteiger partial charge in [0.1, 0.15) is 6.61 Å². The fourth-order valence-corrected chi connectivity index (χ4v) is 2.22. The molecule has 0 spiro atoms. The molecule has 0 saturated carbocycles. The Balaban J connectivity index is 2.43. The van der Waals surface area contributed by atoms with Gasteiger partial charge in [-0.1, -0.05) is 0 Å². The van der Waals surface area contributed by atoms with Gasteiger partial charge in [0.15, 0.2) is 0 Å². The fourth-order valence-electron chi connectivity index (χ4n) is 2.22. The standard InChI is InChI=1S/C13H26N2O2/c1-4-17-10-13(16)15(11(2)3)9-12-5-7-14-8-6-12/h11-12,14H,4-10H2,1-3H3. The topological polar surface area (TPSA) is 41.6 Å². The molecule has 0 bridgehead atoms. The molecule has 1 aliphatic rings. The lowest BCUT2D eigenvalue weighted by molar-refractivity contribution is -0.138. The Labute approximate surface area is 105 Å². The van der Waals surface area contributed by atoms with Crippen molar-refractivity contribution in [3.63, 3.8) is 0 Å². The van der Waals surface area contributed by atoms with E-state index in [2.05, 4.69) is 19.2 Å². The van der Waals surface area contributed by atoms with Crippen molar-refractivity contribution in [2.75, 3.05) is 32.8 Å². The SMILES string of the molecule is CCOCC(=O)N(CC1CCNCC1)C(C)C. The molecule has 100 valence electrons. The molecule has 1 heterocycles. The van der Waals surface area contributed by atoms with Gasteiger partial charge in [-0.15, -0.1) is 0 Å². The first kappa shape index (κ1) is 14.5. The number of rotatable bonds is 6. The number of carbonyl (C=O) groups is 1. The van der Waals surface area contributed by atoms with Gasteiger partial charge in [0.05, 0.1) is 0 Å². The van der Waals surface area contributed by atoms with E-state index in [1.165, 1.54) is 12.8 Å². The van der Waals surface area contributed by atoms with Crippen LogP contribution in [0.25, 0.3) is 0 Å². The van der Waals surface area contributed by atoms with Gasteiger partial charge >= 0.3 is 0 Å². The summed E-state index contributed by atoms with van der Waals surface area (Å²) < 4.78 is 5.21. The molecule has 1 saturated heterocycles. The Bertz CT molecular complexity index is 225. The highest BCUT2D eigenvalue weighted by Crippen LogP contribution is 2.15. The van der Waals surface area contributed by atoms with Crippen LogP contribution >= 0.6 is 0 Å². The van der Waals surface area contributed by atoms with Crippen LogP contribution < -0.4 is 5.32 Å². The average Bonchev–Trinajstić information content (AvgIpc) is 2.34. The smallest absolute Gasteiger partial charge is 0.248 e. The zero-order valence-corrected chi connectivity index (χ0v) is 11.4. The third-order valence-corrected chi connectivity index (χ3v) is 3.29. The van der Waals surface area contributed by atoms with Crippen LogP contribution in [0.2, 0.25) is 0 Å². The van der Waals surface area contributed by atoms with Crippen molar-refractivity contribution in [2.24, 2.45) is 5.92 Å². The molecule has 1 amide bonds. The van der Waals surface area contributed by atoms with Gasteiger partial charge in [-0.3, -0.25) is 4.79 Å². The summed E-state index contributed by atoms with van der Waals surface area (Å²) in [7, 11) is 0. The van der Waals surface area contributed by atoms with E-state index in [0.29, 0.717) is 12.5 Å². The van der Waals surface area contributed by atoms with E-state index in [-0.39, 0.29) is 18.6 Å². The van der Waals surface area contributed by atoms with Crippen molar-refractivity contribution >= 4 is 5.91 Å². The number of ether oxygens (including phenoxy) is 1. The molecule has 0 aromatic carbocycles. The minimum atomic E-state index is 0.125. The first-order valence-electron chi connectivity index (χ1n) is 6.73. The van der Waals surface area contributed by atoms with Crippen LogP contribution in [0.15, 0.2) is 0 Å². The molecule has 4 nitrogen and oxygen atoms in total. The van der Waals surface area contributed by atoms with Crippen LogP contribution in [-0.4, -0.2) is 49.7 Å². The Morgan fingerprint density at radius 3 is 2.59 bits per heavy atom. The van der Waals surface area contributed by atoms with Crippen molar-refractivity contribution < 1.29 is 9.53 Å². The van der Waals surface area contributed by atoms with E-state index < -0.39 is 0 Å². The Kier molecular flexibility index (Phi) is 6.52. The highest BCUT2D eigenvalue weighted by Gasteiger charge is 2.22. The molecule has 0 aliphatic carbocycles. The molecule has 0 aromatic rings. The van der Waals surface area contributed by atoms with Gasteiger partial charge in [0.2, 0.25) is 5.91 Å². The summed E-state index contributed by atoms with van der Waals surface area (Å²) in [5.41, 5.74) is 0. The average molecular weight is 242 g/mol. The lowest BCUT2D eigenvalue weighted by Gasteiger charge is -2.32. The number of nitrogens with zero attached hydrogens (tertiary/aromatic N) is 1. The Morgan fingerprint density at radius 2 is 2.06 bits per heavy atom. The Morgan fingerprint density at radius 1 is 1.41 bits per heavy atom. The monoisotopic (exact) mass is 242 g/mol. The number of amides is 1. The first-order chi connectivity index (χ1) is 8.15. The summed E-state index contributed by atoms with van der Waals surface area (Å²) in [6, 6.07) is 0.262. The summed E-state index contributed by atoms with van der Waals surface area (Å²) in [6.07, 6.45) is 2.34. The molecular formula is C13H26N2O2. The van der Waals surface area contributed by atoms with E-state index in [1.54, 1.807) is 0 Å². The van der Waals surface area contributed by atoms with Crippen molar-refractivity contribution in [1.29, 1.82) is 0 Å². The van der Waals surface area contributed by atoms with E-state index in [4.69, 9.17) is 4.74 Å². The van der Waals surface area contributed by atoms with Gasteiger partial charge in [-0.2, -0.15) is 0 Å². The van der Waals surface area contributed by atoms with Crippen molar-refractivity contribution in [1.82, 2.24) is 10.2 Å². The molecule has 1 N–H and O–H groups in total. The molecule has 1 fully saturated rings. The minimum Gasteiger partial charge on any atom is -0.372 e. The molecule has 0 unspecified atom stereocenters. The lowest BCUT2D eigenvalue weighted by atomic mass is 9.97. The molecule has 0 aromatic heterocycles. The number of hydrogen-bond acceptors (Lipinski definition) is 3. The number of nitrogens with one attached hydrogen (secondary N) is 1. The molecule has 0 atom stereocenters. The van der Waals surface area contributed by atoms with E-state index in [0.717, 1.165) is 19.6 Å². The van der Waals surface area contributed by atoms with E-state index >= 15 is 0 Å². The second-order valence-corrected chi connectivity index (χ2v) is 4.97. The maximum absolute atomic E-state index is 12.0. The predicted octanol–water partition coefficient (Wildman–Crippen LogP) is 1.26. The van der Waals surface area contributed by atoms with E-state index in [1.807, 2.05) is 11.8 Å². The first-order valence-corrected chi connectivity index (χ1v) is 6.73. The summed E-state index contributed by atoms with van der Waals surface area (Å²) in [4.78, 5) is 14.0. The van der Waals surface area contributed by atoms with Crippen LogP contribution in [0.1, 0.15) is 33.6 Å². The van der Waals surface area contributed by atoms with Crippen LogP contribution in [0.5, 0.6) is 0 Å². The van der Waals surface area contributed by atoms with Crippen LogP contribution in [0.3, 0.4) is 0 Å². The Hall–Kier alpha value is -0.610. The van der Waals surface area contributed by atoms with Gasteiger partial charge in [0, 0.05) is 19.2 Å². The van der Waals surface area contributed by atoms with Gasteiger partial charge in [-0.05, 0) is 52.6 Å². The lowest BCUT2D eigenvalue weighted by Crippen LogP contribution is -2.44. The molecule has 0 radical (unpaired) electrons. The molecule has 4 heteroatoms. The molecule has 1 rings (SSSR count). The summed E-state index contributed by atoms with van der Waals surface area (Å²) in [5.74, 6) is 0.768. The van der Waals surface area contributed by atoms with Crippen LogP contribution in [0.4, 0.5) is 0 Å². The maximum Gasteiger partial charge on any atom is 0.248 e. The fraction of sp³-hybridized carbons (Fsp3) is 0.923. The zero-order chi connectivity index (χ0) is 12.7. The summed E-state index contributed by atoms with van der Waals surface area (Å²) in [6.45, 7) is 9.93. The third kappa shape index (κ3) is 5.04. The second kappa shape index (κ2) is 7.67. The number of piperidine rings is 1. The summed E-state index contributed by atoms with van der Waals surface area (Å²) in [5, 5.41) is 3.35. The summed E-state index contributed by atoms with van der Waals surface area (Å²) >= 11 is 0. The van der Waals surface area contributed by atoms with Gasteiger partial charge in [0.25, 0.3) is 0 Å². The predicted molar refractivity (Wildman–Crippen MR) is 68.9 cm³/mol. The molecule has 1 aliphatic heterocycles. The van der Waals surface area contributed by atoms with Crippen LogP contribution in [-0.2, 0) is 9.53 Å². The largest absolute Gasteiger partial charge is 0.372 e. The molecular weight excluding hydrogens is 216 g/mol. The van der Waals surface area contributed by atoms with Crippen molar-refractivity contribution in [3.8, 4) is 0 Å². The zero-order valence-electron chi connectivity index (χ0n) is 11.4. The number of carbonyl (C=O) groups excluding carboxylic acids is 1. The van der Waals surface area contributed by atoms with Crippen molar-refractivity contribution in [2.45, 2.75) is 39.7 Å². The van der Waals surface area contributed by atoms with Crippen LogP contribution in [0, 0.1) is 5.92 Å². The van der Waals surface area contributed by atoms with Gasteiger partial charge in [-0.25, -0.2) is 0 Å². The number of hydrogen-bond donors (Lipinski definition) is 1. The van der Waals surface area contributed by atoms with Gasteiger partial charge < -0.3 is 15.0 Å². The second-order valence-electron chi connectivity index (χ2n) is 4.97. The minimum absolute atomic E-state index is 0.125. The highest BCUT2D eigenvalue weighted by molar-refractivity contribution is 5.77.